The molecular weight excluding hydrogens is 204 g/mol. The van der Waals surface area contributed by atoms with Crippen molar-refractivity contribution < 1.29 is 14.7 Å². The van der Waals surface area contributed by atoms with Crippen molar-refractivity contribution in [1.29, 1.82) is 0 Å². The number of thioether (sulfide) groups is 1. The third-order valence-electron chi connectivity index (χ3n) is 1.98. The monoisotopic (exact) mass is 218 g/mol. The smallest absolute Gasteiger partial charge is 0.325 e. The Hall–Kier alpha value is -0.910. The summed E-state index contributed by atoms with van der Waals surface area (Å²) < 4.78 is 0. The average molecular weight is 218 g/mol. The third-order valence-corrected chi connectivity index (χ3v) is 3.15. The zero-order chi connectivity index (χ0) is 10.6. The molecule has 3 N–H and O–H groups in total. The van der Waals surface area contributed by atoms with E-state index in [4.69, 9.17) is 5.11 Å². The van der Waals surface area contributed by atoms with E-state index in [9.17, 15) is 9.59 Å². The molecule has 1 fully saturated rings. The number of amides is 2. The molecule has 1 heterocycles. The number of urea groups is 1. The van der Waals surface area contributed by atoms with Crippen molar-refractivity contribution in [1.82, 2.24) is 10.6 Å². The van der Waals surface area contributed by atoms with Crippen LogP contribution in [0.4, 0.5) is 4.79 Å². The van der Waals surface area contributed by atoms with E-state index in [1.54, 1.807) is 11.8 Å². The predicted octanol–water partition coefficient (Wildman–Crippen LogP) is 0.264. The van der Waals surface area contributed by atoms with Crippen molar-refractivity contribution in [2.75, 3.05) is 11.5 Å². The Morgan fingerprint density at radius 1 is 1.57 bits per heavy atom. The van der Waals surface area contributed by atoms with Gasteiger partial charge in [0.05, 0.1) is 0 Å². The third kappa shape index (κ3) is 3.45. The number of carbonyl (C=O) groups excluding carboxylic acids is 1. The van der Waals surface area contributed by atoms with Gasteiger partial charge in [0.2, 0.25) is 0 Å². The molecule has 1 unspecified atom stereocenters. The quantitative estimate of drug-likeness (QED) is 0.635. The fraction of sp³-hybridized carbons (Fsp3) is 0.750. The second-order valence-corrected chi connectivity index (χ2v) is 4.39. The molecule has 0 aromatic rings. The van der Waals surface area contributed by atoms with Crippen LogP contribution in [0.1, 0.15) is 13.3 Å². The first kappa shape index (κ1) is 11.2. The topological polar surface area (TPSA) is 78.4 Å². The van der Waals surface area contributed by atoms with Gasteiger partial charge < -0.3 is 15.7 Å². The summed E-state index contributed by atoms with van der Waals surface area (Å²) in [5.74, 6) is 0.940. The molecule has 2 amide bonds. The number of hydrogen-bond donors (Lipinski definition) is 3. The molecule has 1 aliphatic rings. The summed E-state index contributed by atoms with van der Waals surface area (Å²) in [5, 5.41) is 13.6. The minimum absolute atomic E-state index is 0.181. The second kappa shape index (κ2) is 5.09. The van der Waals surface area contributed by atoms with Crippen LogP contribution in [0.2, 0.25) is 0 Å². The fourth-order valence-electron chi connectivity index (χ4n) is 1.13. The Bertz CT molecular complexity index is 229. The highest BCUT2D eigenvalue weighted by atomic mass is 32.2. The van der Waals surface area contributed by atoms with Crippen LogP contribution in [0.25, 0.3) is 0 Å². The van der Waals surface area contributed by atoms with E-state index in [1.165, 1.54) is 6.92 Å². The molecule has 1 saturated heterocycles. The predicted molar refractivity (Wildman–Crippen MR) is 54.5 cm³/mol. The fourth-order valence-corrected chi connectivity index (χ4v) is 2.29. The summed E-state index contributed by atoms with van der Waals surface area (Å²) in [7, 11) is 0. The van der Waals surface area contributed by atoms with Crippen LogP contribution < -0.4 is 10.6 Å². The van der Waals surface area contributed by atoms with Crippen LogP contribution in [-0.2, 0) is 4.79 Å². The molecular formula is C8H14N2O3S. The summed E-state index contributed by atoms with van der Waals surface area (Å²) in [5.41, 5.74) is 0. The van der Waals surface area contributed by atoms with Crippen molar-refractivity contribution >= 4 is 23.8 Å². The van der Waals surface area contributed by atoms with Gasteiger partial charge in [-0.15, -0.1) is 0 Å². The van der Waals surface area contributed by atoms with Crippen molar-refractivity contribution in [2.45, 2.75) is 25.4 Å². The van der Waals surface area contributed by atoms with Gasteiger partial charge in [0.15, 0.2) is 0 Å². The number of rotatable bonds is 3. The standard InChI is InChI=1S/C8H14N2O3S/c1-5(7(11)12)9-8(13)10-6-2-3-14-4-6/h5-6H,2-4H2,1H3,(H,11,12)(H2,9,10,13)/t5-,6?/m1/s1. The summed E-state index contributed by atoms with van der Waals surface area (Å²) >= 11 is 1.79. The van der Waals surface area contributed by atoms with Gasteiger partial charge in [-0.2, -0.15) is 11.8 Å². The Labute approximate surface area is 86.6 Å². The van der Waals surface area contributed by atoms with E-state index in [0.717, 1.165) is 17.9 Å². The largest absolute Gasteiger partial charge is 0.480 e. The molecule has 1 rings (SSSR count). The molecule has 6 heteroatoms. The van der Waals surface area contributed by atoms with Gasteiger partial charge >= 0.3 is 12.0 Å². The molecule has 0 aromatic heterocycles. The van der Waals surface area contributed by atoms with Crippen molar-refractivity contribution in [3.8, 4) is 0 Å². The number of hydrogen-bond acceptors (Lipinski definition) is 3. The molecule has 0 radical (unpaired) electrons. The van der Waals surface area contributed by atoms with Gasteiger partial charge in [-0.25, -0.2) is 4.79 Å². The van der Waals surface area contributed by atoms with Crippen molar-refractivity contribution in [3.63, 3.8) is 0 Å². The SMILES string of the molecule is C[C@@H](NC(=O)NC1CCSC1)C(=O)O. The van der Waals surface area contributed by atoms with Gasteiger partial charge in [-0.1, -0.05) is 0 Å². The Morgan fingerprint density at radius 3 is 2.79 bits per heavy atom. The van der Waals surface area contributed by atoms with Gasteiger partial charge in [-0.3, -0.25) is 4.79 Å². The summed E-state index contributed by atoms with van der Waals surface area (Å²) in [6, 6.07) is -1.06. The summed E-state index contributed by atoms with van der Waals surface area (Å²) in [6.07, 6.45) is 0.958. The lowest BCUT2D eigenvalue weighted by Crippen LogP contribution is -2.47. The number of nitrogens with one attached hydrogen (secondary N) is 2. The Kier molecular flexibility index (Phi) is 4.06. The van der Waals surface area contributed by atoms with Crippen molar-refractivity contribution in [2.24, 2.45) is 0 Å². The maximum atomic E-state index is 11.2. The van der Waals surface area contributed by atoms with E-state index in [0.29, 0.717) is 0 Å². The Balaban J connectivity index is 2.24. The van der Waals surface area contributed by atoms with E-state index in [1.807, 2.05) is 0 Å². The first-order valence-electron chi connectivity index (χ1n) is 4.47. The molecule has 2 atom stereocenters. The van der Waals surface area contributed by atoms with Gasteiger partial charge in [0.25, 0.3) is 0 Å². The normalized spacial score (nSPS) is 22.8. The first-order chi connectivity index (χ1) is 6.59. The lowest BCUT2D eigenvalue weighted by molar-refractivity contribution is -0.138. The average Bonchev–Trinajstić information content (AvgIpc) is 2.56. The Morgan fingerprint density at radius 2 is 2.29 bits per heavy atom. The summed E-state index contributed by atoms with van der Waals surface area (Å²) in [4.78, 5) is 21.6. The van der Waals surface area contributed by atoms with Crippen LogP contribution in [0, 0.1) is 0 Å². The second-order valence-electron chi connectivity index (χ2n) is 3.24. The zero-order valence-electron chi connectivity index (χ0n) is 7.95. The highest BCUT2D eigenvalue weighted by Gasteiger charge is 2.19. The van der Waals surface area contributed by atoms with Crippen LogP contribution in [0.3, 0.4) is 0 Å². The highest BCUT2D eigenvalue weighted by Crippen LogP contribution is 2.16. The number of carboxylic acid groups (broad SMARTS) is 1. The first-order valence-corrected chi connectivity index (χ1v) is 5.62. The number of aliphatic carboxylic acids is 1. The van der Waals surface area contributed by atoms with Crippen LogP contribution in [-0.4, -0.2) is 40.7 Å². The zero-order valence-corrected chi connectivity index (χ0v) is 8.76. The van der Waals surface area contributed by atoms with E-state index in [-0.39, 0.29) is 6.04 Å². The molecule has 5 nitrogen and oxygen atoms in total. The molecule has 0 saturated carbocycles. The molecule has 1 aliphatic heterocycles. The van der Waals surface area contributed by atoms with Gasteiger partial charge in [0.1, 0.15) is 6.04 Å². The van der Waals surface area contributed by atoms with Gasteiger partial charge in [0, 0.05) is 11.8 Å². The number of carboxylic acids is 1. The van der Waals surface area contributed by atoms with Crippen LogP contribution >= 0.6 is 11.8 Å². The molecule has 0 spiro atoms. The molecule has 14 heavy (non-hydrogen) atoms. The van der Waals surface area contributed by atoms with Crippen LogP contribution in [0.15, 0.2) is 0 Å². The molecule has 0 aliphatic carbocycles. The van der Waals surface area contributed by atoms with E-state index in [2.05, 4.69) is 10.6 Å². The molecule has 0 aromatic carbocycles. The van der Waals surface area contributed by atoms with Crippen molar-refractivity contribution in [3.05, 3.63) is 0 Å². The molecule has 0 bridgehead atoms. The van der Waals surface area contributed by atoms with Gasteiger partial charge in [-0.05, 0) is 19.1 Å². The summed E-state index contributed by atoms with van der Waals surface area (Å²) in [6.45, 7) is 1.44. The minimum Gasteiger partial charge on any atom is -0.480 e. The molecule has 80 valence electrons. The lowest BCUT2D eigenvalue weighted by Gasteiger charge is -2.14. The van der Waals surface area contributed by atoms with Crippen LogP contribution in [0.5, 0.6) is 0 Å². The highest BCUT2D eigenvalue weighted by molar-refractivity contribution is 7.99. The maximum absolute atomic E-state index is 11.2. The minimum atomic E-state index is -1.03. The van der Waals surface area contributed by atoms with E-state index >= 15 is 0 Å². The van der Waals surface area contributed by atoms with E-state index < -0.39 is 18.0 Å². The number of carbonyl (C=O) groups is 2. The lowest BCUT2D eigenvalue weighted by atomic mass is 10.3. The maximum Gasteiger partial charge on any atom is 0.325 e.